The van der Waals surface area contributed by atoms with E-state index in [9.17, 15) is 4.79 Å². The quantitative estimate of drug-likeness (QED) is 0.892. The molecule has 0 saturated heterocycles. The largest absolute Gasteiger partial charge is 0.375 e. The van der Waals surface area contributed by atoms with Crippen LogP contribution in [-0.4, -0.2) is 31.1 Å². The molecule has 0 radical (unpaired) electrons. The van der Waals surface area contributed by atoms with Crippen molar-refractivity contribution in [3.8, 4) is 0 Å². The number of hydrogen-bond donors (Lipinski definition) is 1. The van der Waals surface area contributed by atoms with Crippen LogP contribution < -0.4 is 5.32 Å². The summed E-state index contributed by atoms with van der Waals surface area (Å²) in [5, 5.41) is 2.86. The van der Waals surface area contributed by atoms with Crippen LogP contribution in [0.2, 0.25) is 0 Å². The smallest absolute Gasteiger partial charge is 0.250 e. The van der Waals surface area contributed by atoms with Gasteiger partial charge in [-0.1, -0.05) is 36.4 Å². The molecule has 0 aliphatic carbocycles. The van der Waals surface area contributed by atoms with Crippen molar-refractivity contribution in [3.05, 3.63) is 65.2 Å². The van der Waals surface area contributed by atoms with E-state index in [1.165, 1.54) is 23.8 Å². The number of nitrogens with zero attached hydrogens (tertiary/aromatic N) is 1. The zero-order valence-electron chi connectivity index (χ0n) is 13.4. The van der Waals surface area contributed by atoms with Crippen LogP contribution in [0.3, 0.4) is 0 Å². The summed E-state index contributed by atoms with van der Waals surface area (Å²) in [5.41, 5.74) is 4.86. The number of hydrogen-bond acceptors (Lipinski definition) is 3. The molecule has 0 fully saturated rings. The molecule has 0 unspecified atom stereocenters. The molecule has 2 aromatic rings. The van der Waals surface area contributed by atoms with E-state index in [-0.39, 0.29) is 12.5 Å². The van der Waals surface area contributed by atoms with Crippen molar-refractivity contribution in [2.75, 3.05) is 25.6 Å². The van der Waals surface area contributed by atoms with E-state index in [1.54, 1.807) is 0 Å². The van der Waals surface area contributed by atoms with Crippen LogP contribution in [-0.2, 0) is 29.0 Å². The Kier molecular flexibility index (Phi) is 5.05. The highest BCUT2D eigenvalue weighted by Gasteiger charge is 2.19. The third kappa shape index (κ3) is 4.18. The van der Waals surface area contributed by atoms with Gasteiger partial charge in [-0.25, -0.2) is 0 Å². The first-order chi connectivity index (χ1) is 11.2. The van der Waals surface area contributed by atoms with Crippen molar-refractivity contribution in [3.63, 3.8) is 0 Å². The molecule has 0 spiro atoms. The van der Waals surface area contributed by atoms with Gasteiger partial charge < -0.3 is 10.1 Å². The molecule has 0 aromatic heterocycles. The van der Waals surface area contributed by atoms with Gasteiger partial charge in [0.2, 0.25) is 5.91 Å². The van der Waals surface area contributed by atoms with Gasteiger partial charge in [0.05, 0.1) is 0 Å². The number of ether oxygens (including phenoxy) is 1. The highest BCUT2D eigenvalue weighted by molar-refractivity contribution is 5.91. The second-order valence-electron chi connectivity index (χ2n) is 5.91. The van der Waals surface area contributed by atoms with Gasteiger partial charge in [-0.3, -0.25) is 9.69 Å². The minimum Gasteiger partial charge on any atom is -0.375 e. The molecule has 0 saturated carbocycles. The van der Waals surface area contributed by atoms with Gasteiger partial charge in [0.15, 0.2) is 0 Å². The van der Waals surface area contributed by atoms with Crippen molar-refractivity contribution >= 4 is 11.6 Å². The van der Waals surface area contributed by atoms with Crippen LogP contribution in [0.1, 0.15) is 16.7 Å². The number of anilines is 1. The molecule has 23 heavy (non-hydrogen) atoms. The molecule has 4 nitrogen and oxygen atoms in total. The molecule has 0 bridgehead atoms. The summed E-state index contributed by atoms with van der Waals surface area (Å²) >= 11 is 0. The Morgan fingerprint density at radius 3 is 2.70 bits per heavy atom. The number of methoxy groups -OCH3 is 1. The maximum Gasteiger partial charge on any atom is 0.250 e. The molecule has 2 aromatic carbocycles. The van der Waals surface area contributed by atoms with Crippen molar-refractivity contribution in [1.82, 2.24) is 4.90 Å². The Labute approximate surface area is 137 Å². The van der Waals surface area contributed by atoms with Crippen LogP contribution in [0.15, 0.2) is 48.5 Å². The van der Waals surface area contributed by atoms with Gasteiger partial charge in [-0.05, 0) is 35.2 Å². The monoisotopic (exact) mass is 310 g/mol. The number of amides is 1. The lowest BCUT2D eigenvalue weighted by Crippen LogP contribution is -2.19. The molecule has 1 amide bonds. The molecule has 120 valence electrons. The Bertz CT molecular complexity index is 670. The number of carbonyl (C=O) groups excluding carboxylic acids is 1. The molecule has 0 atom stereocenters. The highest BCUT2D eigenvalue weighted by Crippen LogP contribution is 2.25. The third-order valence-electron chi connectivity index (χ3n) is 4.11. The standard InChI is InChI=1S/C19H22N2O2/c1-23-14-19(22)20-18-8-7-16-12-21(13-17(16)11-18)10-9-15-5-3-2-4-6-15/h2-8,11H,9-10,12-14H2,1H3,(H,20,22). The summed E-state index contributed by atoms with van der Waals surface area (Å²) in [4.78, 5) is 14.0. The van der Waals surface area contributed by atoms with E-state index >= 15 is 0 Å². The van der Waals surface area contributed by atoms with Crippen molar-refractivity contribution in [2.45, 2.75) is 19.5 Å². The maximum absolute atomic E-state index is 11.6. The summed E-state index contributed by atoms with van der Waals surface area (Å²) in [7, 11) is 1.52. The number of rotatable bonds is 6. The average Bonchev–Trinajstić information content (AvgIpc) is 2.96. The van der Waals surface area contributed by atoms with Crippen LogP contribution in [0.5, 0.6) is 0 Å². The first-order valence-electron chi connectivity index (χ1n) is 7.91. The lowest BCUT2D eigenvalue weighted by Gasteiger charge is -2.14. The first-order valence-corrected chi connectivity index (χ1v) is 7.91. The Balaban J connectivity index is 1.57. The van der Waals surface area contributed by atoms with Gasteiger partial charge >= 0.3 is 0 Å². The zero-order valence-corrected chi connectivity index (χ0v) is 13.4. The predicted molar refractivity (Wildman–Crippen MR) is 91.2 cm³/mol. The minimum atomic E-state index is -0.119. The molecule has 1 aliphatic heterocycles. The fraction of sp³-hybridized carbons (Fsp3) is 0.316. The van der Waals surface area contributed by atoms with Gasteiger partial charge in [0, 0.05) is 32.4 Å². The molecule has 4 heteroatoms. The van der Waals surface area contributed by atoms with Crippen LogP contribution in [0.25, 0.3) is 0 Å². The van der Waals surface area contributed by atoms with Crippen molar-refractivity contribution < 1.29 is 9.53 Å². The molecule has 3 rings (SSSR count). The lowest BCUT2D eigenvalue weighted by atomic mass is 10.1. The van der Waals surface area contributed by atoms with E-state index < -0.39 is 0 Å². The first kappa shape index (κ1) is 15.7. The average molecular weight is 310 g/mol. The van der Waals surface area contributed by atoms with Gasteiger partial charge in [0.1, 0.15) is 6.61 Å². The fourth-order valence-corrected chi connectivity index (χ4v) is 2.96. The molecule has 1 N–H and O–H groups in total. The minimum absolute atomic E-state index is 0.0836. The van der Waals surface area contributed by atoms with Gasteiger partial charge in [0.25, 0.3) is 0 Å². The van der Waals surface area contributed by atoms with Crippen LogP contribution in [0.4, 0.5) is 5.69 Å². The van der Waals surface area contributed by atoms with E-state index in [0.717, 1.165) is 31.7 Å². The number of fused-ring (bicyclic) bond motifs is 1. The maximum atomic E-state index is 11.6. The Morgan fingerprint density at radius 2 is 1.91 bits per heavy atom. The second kappa shape index (κ2) is 7.40. The lowest BCUT2D eigenvalue weighted by molar-refractivity contribution is -0.119. The molecule has 1 aliphatic rings. The summed E-state index contributed by atoms with van der Waals surface area (Å²) in [6.45, 7) is 3.05. The predicted octanol–water partition coefficient (Wildman–Crippen LogP) is 2.83. The van der Waals surface area contributed by atoms with Crippen molar-refractivity contribution in [1.29, 1.82) is 0 Å². The number of benzene rings is 2. The Morgan fingerprint density at radius 1 is 1.13 bits per heavy atom. The van der Waals surface area contributed by atoms with Crippen LogP contribution in [0, 0.1) is 0 Å². The fourth-order valence-electron chi connectivity index (χ4n) is 2.96. The molecular formula is C19H22N2O2. The Hall–Kier alpha value is -2.17. The summed E-state index contributed by atoms with van der Waals surface area (Å²) in [6.07, 6.45) is 1.06. The van der Waals surface area contributed by atoms with Crippen molar-refractivity contribution in [2.24, 2.45) is 0 Å². The summed E-state index contributed by atoms with van der Waals surface area (Å²) in [6, 6.07) is 16.7. The molecular weight excluding hydrogens is 288 g/mol. The summed E-state index contributed by atoms with van der Waals surface area (Å²) < 4.78 is 4.84. The van der Waals surface area contributed by atoms with E-state index in [1.807, 2.05) is 6.07 Å². The normalized spacial score (nSPS) is 13.8. The van der Waals surface area contributed by atoms with E-state index in [2.05, 4.69) is 52.7 Å². The van der Waals surface area contributed by atoms with Gasteiger partial charge in [-0.15, -0.1) is 0 Å². The SMILES string of the molecule is COCC(=O)Nc1ccc2c(c1)CN(CCc1ccccc1)C2. The van der Waals surface area contributed by atoms with E-state index in [4.69, 9.17) is 4.74 Å². The van der Waals surface area contributed by atoms with Crippen LogP contribution >= 0.6 is 0 Å². The number of carbonyl (C=O) groups is 1. The topological polar surface area (TPSA) is 41.6 Å². The van der Waals surface area contributed by atoms with Gasteiger partial charge in [-0.2, -0.15) is 0 Å². The molecule has 1 heterocycles. The third-order valence-corrected chi connectivity index (χ3v) is 4.11. The number of nitrogens with one attached hydrogen (secondary N) is 1. The van der Waals surface area contributed by atoms with E-state index in [0.29, 0.717) is 0 Å². The second-order valence-corrected chi connectivity index (χ2v) is 5.91. The highest BCUT2D eigenvalue weighted by atomic mass is 16.5. The zero-order chi connectivity index (χ0) is 16.1. The summed E-state index contributed by atoms with van der Waals surface area (Å²) in [5.74, 6) is -0.119.